The van der Waals surface area contributed by atoms with Gasteiger partial charge in [0, 0.05) is 51.3 Å². The van der Waals surface area contributed by atoms with Crippen molar-refractivity contribution in [1.29, 1.82) is 0 Å². The van der Waals surface area contributed by atoms with E-state index in [2.05, 4.69) is 39.3 Å². The molecule has 0 N–H and O–H groups in total. The van der Waals surface area contributed by atoms with Crippen LogP contribution in [0.2, 0.25) is 0 Å². The maximum atomic E-state index is 13.5. The molecular weight excluding hydrogens is 493 g/mol. The lowest BCUT2D eigenvalue weighted by molar-refractivity contribution is 0.0365. The zero-order valence-electron chi connectivity index (χ0n) is 21.0. The van der Waals surface area contributed by atoms with Gasteiger partial charge in [-0.3, -0.25) is 4.90 Å². The SMILES string of the molecule is Cc1cc2c(cnn2-c2ccc(F)cc2)cc1C1CN(S(=O)c2cnn(C)n2)CCN1CC1CCCO1. The summed E-state index contributed by atoms with van der Waals surface area (Å²) < 4.78 is 36.6. The van der Waals surface area contributed by atoms with Gasteiger partial charge in [-0.15, -0.1) is 5.10 Å². The molecule has 2 fully saturated rings. The van der Waals surface area contributed by atoms with Crippen molar-refractivity contribution >= 4 is 21.9 Å². The minimum absolute atomic E-state index is 0.0390. The van der Waals surface area contributed by atoms with Crippen molar-refractivity contribution in [2.45, 2.75) is 36.9 Å². The zero-order chi connectivity index (χ0) is 25.5. The van der Waals surface area contributed by atoms with Gasteiger partial charge in [-0.2, -0.15) is 15.0 Å². The Kier molecular flexibility index (Phi) is 6.62. The summed E-state index contributed by atoms with van der Waals surface area (Å²) in [4.78, 5) is 3.91. The first-order valence-electron chi connectivity index (χ1n) is 12.6. The van der Waals surface area contributed by atoms with E-state index in [0.29, 0.717) is 18.1 Å². The summed E-state index contributed by atoms with van der Waals surface area (Å²) in [5.74, 6) is -0.272. The Morgan fingerprint density at radius 2 is 1.97 bits per heavy atom. The van der Waals surface area contributed by atoms with Crippen molar-refractivity contribution in [2.75, 3.05) is 32.8 Å². The minimum atomic E-state index is -1.38. The van der Waals surface area contributed by atoms with Crippen LogP contribution in [0.1, 0.15) is 30.0 Å². The van der Waals surface area contributed by atoms with Crippen molar-refractivity contribution in [3.63, 3.8) is 0 Å². The van der Waals surface area contributed by atoms with Crippen LogP contribution in [0.5, 0.6) is 0 Å². The second-order valence-electron chi connectivity index (χ2n) is 9.76. The Labute approximate surface area is 217 Å². The van der Waals surface area contributed by atoms with E-state index in [1.807, 2.05) is 15.2 Å². The van der Waals surface area contributed by atoms with E-state index < -0.39 is 11.0 Å². The van der Waals surface area contributed by atoms with Crippen LogP contribution in [0.4, 0.5) is 4.39 Å². The van der Waals surface area contributed by atoms with Crippen LogP contribution in [0, 0.1) is 12.7 Å². The van der Waals surface area contributed by atoms with Crippen LogP contribution >= 0.6 is 0 Å². The van der Waals surface area contributed by atoms with Gasteiger partial charge in [-0.25, -0.2) is 17.6 Å². The van der Waals surface area contributed by atoms with Gasteiger partial charge >= 0.3 is 0 Å². The van der Waals surface area contributed by atoms with Gasteiger partial charge in [0.2, 0.25) is 0 Å². The number of halogens is 1. The number of benzene rings is 2. The van der Waals surface area contributed by atoms with Crippen LogP contribution in [0.3, 0.4) is 0 Å². The number of aromatic nitrogens is 5. The van der Waals surface area contributed by atoms with Gasteiger partial charge in [-0.1, -0.05) is 0 Å². The summed E-state index contributed by atoms with van der Waals surface area (Å²) in [6, 6.07) is 10.7. The third-order valence-electron chi connectivity index (χ3n) is 7.29. The Morgan fingerprint density at radius 3 is 2.70 bits per heavy atom. The number of hydrogen-bond acceptors (Lipinski definition) is 6. The second kappa shape index (κ2) is 10.1. The van der Waals surface area contributed by atoms with E-state index in [4.69, 9.17) is 4.74 Å². The molecule has 9 nitrogen and oxygen atoms in total. The summed E-state index contributed by atoms with van der Waals surface area (Å²) in [6.45, 7) is 5.84. The summed E-state index contributed by atoms with van der Waals surface area (Å²) in [6.07, 6.45) is 5.82. The molecule has 2 aliphatic rings. The van der Waals surface area contributed by atoms with Crippen LogP contribution < -0.4 is 0 Å². The molecule has 11 heteroatoms. The average molecular weight is 524 g/mol. The van der Waals surface area contributed by atoms with Gasteiger partial charge in [0.15, 0.2) is 5.03 Å². The monoisotopic (exact) mass is 523 g/mol. The summed E-state index contributed by atoms with van der Waals surface area (Å²) in [5, 5.41) is 14.5. The van der Waals surface area contributed by atoms with Gasteiger partial charge < -0.3 is 4.74 Å². The highest BCUT2D eigenvalue weighted by Crippen LogP contribution is 2.33. The van der Waals surface area contributed by atoms with E-state index in [-0.39, 0.29) is 18.0 Å². The molecule has 4 heterocycles. The molecule has 0 amide bonds. The molecule has 194 valence electrons. The maximum Gasteiger partial charge on any atom is 0.185 e. The van der Waals surface area contributed by atoms with Crippen molar-refractivity contribution < 1.29 is 13.3 Å². The summed E-state index contributed by atoms with van der Waals surface area (Å²) >= 11 is 0. The highest BCUT2D eigenvalue weighted by Gasteiger charge is 2.35. The third-order valence-corrected chi connectivity index (χ3v) is 8.64. The number of piperazine rings is 1. The van der Waals surface area contributed by atoms with Gasteiger partial charge in [0.05, 0.1) is 29.7 Å². The summed E-state index contributed by atoms with van der Waals surface area (Å²) in [7, 11) is 0.345. The third kappa shape index (κ3) is 4.84. The average Bonchev–Trinajstić information content (AvgIpc) is 3.66. The first kappa shape index (κ1) is 24.4. The lowest BCUT2D eigenvalue weighted by Crippen LogP contribution is -2.51. The van der Waals surface area contributed by atoms with E-state index in [9.17, 15) is 8.60 Å². The standard InChI is InChI=1S/C26H30FN7O2S/c1-18-12-24-19(14-29-34(24)21-7-5-20(27)6-8-21)13-23(18)25-17-33(37(35)26-15-28-31(2)30-26)10-9-32(25)16-22-4-3-11-36-22/h5-8,12-15,22,25H,3-4,9-11,16-17H2,1-2H3. The molecule has 0 spiro atoms. The molecule has 2 aromatic heterocycles. The first-order chi connectivity index (χ1) is 18.0. The Morgan fingerprint density at radius 1 is 1.14 bits per heavy atom. The van der Waals surface area contributed by atoms with E-state index >= 15 is 0 Å². The van der Waals surface area contributed by atoms with Gasteiger partial charge in [0.25, 0.3) is 0 Å². The lowest BCUT2D eigenvalue weighted by atomic mass is 9.96. The quantitative estimate of drug-likeness (QED) is 0.386. The highest BCUT2D eigenvalue weighted by molar-refractivity contribution is 7.82. The van der Waals surface area contributed by atoms with Crippen molar-refractivity contribution in [2.24, 2.45) is 7.05 Å². The molecule has 0 radical (unpaired) electrons. The number of ether oxygens (including phenoxy) is 1. The molecule has 0 saturated carbocycles. The molecule has 2 aliphatic heterocycles. The molecule has 37 heavy (non-hydrogen) atoms. The number of aryl methyl sites for hydroxylation is 2. The Bertz CT molecular complexity index is 1430. The smallest absolute Gasteiger partial charge is 0.185 e. The normalized spacial score (nSPS) is 22.1. The van der Waals surface area contributed by atoms with Crippen LogP contribution in [0.15, 0.2) is 53.8 Å². The molecule has 2 aromatic carbocycles. The lowest BCUT2D eigenvalue weighted by Gasteiger charge is -2.42. The molecule has 3 atom stereocenters. The predicted molar refractivity (Wildman–Crippen MR) is 138 cm³/mol. The summed E-state index contributed by atoms with van der Waals surface area (Å²) in [5.41, 5.74) is 4.09. The topological polar surface area (TPSA) is 81.3 Å². The number of nitrogens with zero attached hydrogens (tertiary/aromatic N) is 7. The fourth-order valence-electron chi connectivity index (χ4n) is 5.39. The van der Waals surface area contributed by atoms with Crippen LogP contribution in [-0.4, -0.2) is 77.1 Å². The Balaban J connectivity index is 1.34. The molecule has 4 aromatic rings. The van der Waals surface area contributed by atoms with Gasteiger partial charge in [-0.05, 0) is 67.3 Å². The maximum absolute atomic E-state index is 13.5. The molecule has 0 bridgehead atoms. The van der Waals surface area contributed by atoms with Crippen LogP contribution in [0.25, 0.3) is 16.6 Å². The van der Waals surface area contributed by atoms with Crippen LogP contribution in [-0.2, 0) is 22.8 Å². The largest absolute Gasteiger partial charge is 0.377 e. The van der Waals surface area contributed by atoms with E-state index in [1.54, 1.807) is 25.4 Å². The van der Waals surface area contributed by atoms with Gasteiger partial charge in [0.1, 0.15) is 16.8 Å². The minimum Gasteiger partial charge on any atom is -0.377 e. The van der Waals surface area contributed by atoms with E-state index in [1.165, 1.54) is 22.5 Å². The molecular formula is C26H30FN7O2S. The first-order valence-corrected chi connectivity index (χ1v) is 13.7. The van der Waals surface area contributed by atoms with Crippen molar-refractivity contribution in [3.05, 3.63) is 65.7 Å². The number of rotatable bonds is 6. The number of hydrogen-bond donors (Lipinski definition) is 0. The molecule has 3 unspecified atom stereocenters. The van der Waals surface area contributed by atoms with Crippen molar-refractivity contribution in [1.82, 2.24) is 34.0 Å². The fraction of sp³-hybridized carbons (Fsp3) is 0.423. The second-order valence-corrected chi connectivity index (χ2v) is 11.2. The molecule has 0 aliphatic carbocycles. The fourth-order valence-corrected chi connectivity index (χ4v) is 6.51. The predicted octanol–water partition coefficient (Wildman–Crippen LogP) is 3.16. The molecule has 2 saturated heterocycles. The number of fused-ring (bicyclic) bond motifs is 1. The van der Waals surface area contributed by atoms with E-state index in [0.717, 1.165) is 54.7 Å². The van der Waals surface area contributed by atoms with Crippen molar-refractivity contribution in [3.8, 4) is 5.69 Å². The zero-order valence-corrected chi connectivity index (χ0v) is 21.8. The Hall–Kier alpha value is -2.99. The highest BCUT2D eigenvalue weighted by atomic mass is 32.2. The molecule has 6 rings (SSSR count).